The molecule has 0 radical (unpaired) electrons. The normalized spacial score (nSPS) is 16.0. The predicted molar refractivity (Wildman–Crippen MR) is 61.8 cm³/mol. The molecule has 0 heterocycles. The van der Waals surface area contributed by atoms with E-state index in [0.717, 1.165) is 5.71 Å². The number of hydrogen-bond acceptors (Lipinski definition) is 3. The van der Waals surface area contributed by atoms with Gasteiger partial charge < -0.3 is 4.67 Å². The number of hydrazone groups is 1. The van der Waals surface area contributed by atoms with Crippen molar-refractivity contribution in [2.45, 2.75) is 19.6 Å². The summed E-state index contributed by atoms with van der Waals surface area (Å²) >= 11 is 0. The number of nitrogens with zero attached hydrogens (tertiary/aromatic N) is 2. The highest BCUT2D eigenvalue weighted by Gasteiger charge is 2.19. The lowest BCUT2D eigenvalue weighted by molar-refractivity contribution is -0.110. The highest BCUT2D eigenvalue weighted by atomic mass is 28.3. The molecule has 0 aromatic rings. The third-order valence-corrected chi connectivity index (χ3v) is 4.11. The molecule has 76 valence electrons. The molecule has 0 saturated heterocycles. The third-order valence-electron chi connectivity index (χ3n) is 2.07. The van der Waals surface area contributed by atoms with Crippen LogP contribution in [0.5, 0.6) is 0 Å². The lowest BCUT2D eigenvalue weighted by Gasteiger charge is -2.27. The summed E-state index contributed by atoms with van der Waals surface area (Å²) in [7, 11) is 0.615. The number of ketones is 1. The molecule has 1 aliphatic carbocycles. The van der Waals surface area contributed by atoms with Crippen LogP contribution in [0.15, 0.2) is 29.4 Å². The Morgan fingerprint density at radius 2 is 1.64 bits per heavy atom. The topological polar surface area (TPSA) is 32.7 Å². The fraction of sp³-hybridized carbons (Fsp3) is 0.400. The van der Waals surface area contributed by atoms with Gasteiger partial charge in [0.15, 0.2) is 14.0 Å². The summed E-state index contributed by atoms with van der Waals surface area (Å²) in [6, 6.07) is 0. The average Bonchev–Trinajstić information content (AvgIpc) is 2.07. The maximum atomic E-state index is 10.9. The van der Waals surface area contributed by atoms with E-state index in [1.165, 1.54) is 12.2 Å². The molecule has 0 aliphatic heterocycles. The van der Waals surface area contributed by atoms with E-state index in [1.807, 2.05) is 11.7 Å². The molecule has 4 heteroatoms. The molecule has 0 saturated carbocycles. The smallest absolute Gasteiger partial charge is 0.178 e. The Bertz CT molecular complexity index is 306. The van der Waals surface area contributed by atoms with Gasteiger partial charge in [0.2, 0.25) is 0 Å². The van der Waals surface area contributed by atoms with Crippen LogP contribution in [-0.4, -0.2) is 31.5 Å². The van der Waals surface area contributed by atoms with Gasteiger partial charge in [0.25, 0.3) is 0 Å². The van der Waals surface area contributed by atoms with E-state index < -0.39 is 8.24 Å². The van der Waals surface area contributed by atoms with Crippen molar-refractivity contribution in [2.75, 3.05) is 7.05 Å². The van der Waals surface area contributed by atoms with Gasteiger partial charge in [-0.1, -0.05) is 19.6 Å². The van der Waals surface area contributed by atoms with Crippen molar-refractivity contribution in [1.82, 2.24) is 4.67 Å². The first kappa shape index (κ1) is 10.9. The van der Waals surface area contributed by atoms with Crippen LogP contribution in [-0.2, 0) is 4.79 Å². The molecule has 0 aromatic carbocycles. The standard InChI is InChI=1S/C10H16N2OSi/c1-12(14(2,3)4)11-9-5-7-10(13)8-6-9/h5-8H,1-4H3. The number of hydrogen-bond donors (Lipinski definition) is 0. The highest BCUT2D eigenvalue weighted by Crippen LogP contribution is 2.08. The van der Waals surface area contributed by atoms with Crippen LogP contribution >= 0.6 is 0 Å². The molecule has 0 fully saturated rings. The van der Waals surface area contributed by atoms with Gasteiger partial charge >= 0.3 is 0 Å². The van der Waals surface area contributed by atoms with Gasteiger partial charge in [-0.3, -0.25) is 4.79 Å². The highest BCUT2D eigenvalue weighted by molar-refractivity contribution is 6.73. The summed E-state index contributed by atoms with van der Waals surface area (Å²) in [6.45, 7) is 6.66. The lowest BCUT2D eigenvalue weighted by Crippen LogP contribution is -2.39. The minimum absolute atomic E-state index is 0.0274. The Morgan fingerprint density at radius 1 is 1.14 bits per heavy atom. The summed E-state index contributed by atoms with van der Waals surface area (Å²) in [5.74, 6) is 0.0274. The molecule has 0 aromatic heterocycles. The van der Waals surface area contributed by atoms with Gasteiger partial charge in [-0.25, -0.2) is 0 Å². The van der Waals surface area contributed by atoms with Gasteiger partial charge in [-0.15, -0.1) is 0 Å². The van der Waals surface area contributed by atoms with Crippen LogP contribution in [0.3, 0.4) is 0 Å². The van der Waals surface area contributed by atoms with E-state index in [0.29, 0.717) is 0 Å². The van der Waals surface area contributed by atoms with Crippen molar-refractivity contribution in [1.29, 1.82) is 0 Å². The van der Waals surface area contributed by atoms with Crippen molar-refractivity contribution in [2.24, 2.45) is 5.10 Å². The van der Waals surface area contributed by atoms with Crippen molar-refractivity contribution in [3.05, 3.63) is 24.3 Å². The van der Waals surface area contributed by atoms with Crippen molar-refractivity contribution < 1.29 is 4.79 Å². The Labute approximate surface area is 85.9 Å². The first-order chi connectivity index (χ1) is 6.39. The summed E-state index contributed by atoms with van der Waals surface area (Å²) in [5, 5.41) is 4.43. The van der Waals surface area contributed by atoms with Gasteiger partial charge in [0, 0.05) is 7.05 Å². The predicted octanol–water partition coefficient (Wildman–Crippen LogP) is 1.80. The van der Waals surface area contributed by atoms with Crippen LogP contribution in [0.1, 0.15) is 0 Å². The SMILES string of the molecule is CN(N=C1C=CC(=O)C=C1)[Si](C)(C)C. The largest absolute Gasteiger partial charge is 0.327 e. The fourth-order valence-corrected chi connectivity index (χ4v) is 1.25. The molecular formula is C10H16N2OSi. The average molecular weight is 208 g/mol. The Hall–Kier alpha value is -1.16. The van der Waals surface area contributed by atoms with E-state index in [-0.39, 0.29) is 5.78 Å². The van der Waals surface area contributed by atoms with Crippen LogP contribution in [0.25, 0.3) is 0 Å². The second-order valence-corrected chi connectivity index (χ2v) is 9.28. The maximum absolute atomic E-state index is 10.9. The number of allylic oxidation sites excluding steroid dienone is 4. The number of carbonyl (C=O) groups excluding carboxylic acids is 1. The Balaban J connectivity index is 2.76. The molecule has 0 spiro atoms. The number of carbonyl (C=O) groups is 1. The summed E-state index contributed by atoms with van der Waals surface area (Å²) in [6.07, 6.45) is 6.58. The summed E-state index contributed by atoms with van der Waals surface area (Å²) in [5.41, 5.74) is 0.842. The first-order valence-corrected chi connectivity index (χ1v) is 8.07. The van der Waals surface area contributed by atoms with Crippen LogP contribution in [0.2, 0.25) is 19.6 Å². The summed E-state index contributed by atoms with van der Waals surface area (Å²) < 4.78 is 2.02. The van der Waals surface area contributed by atoms with Crippen LogP contribution < -0.4 is 0 Å². The molecule has 0 atom stereocenters. The van der Waals surface area contributed by atoms with E-state index in [1.54, 1.807) is 12.2 Å². The second kappa shape index (κ2) is 3.92. The van der Waals surface area contributed by atoms with Gasteiger partial charge in [-0.2, -0.15) is 5.10 Å². The molecule has 14 heavy (non-hydrogen) atoms. The van der Waals surface area contributed by atoms with Crippen LogP contribution in [0.4, 0.5) is 0 Å². The van der Waals surface area contributed by atoms with Crippen molar-refractivity contribution >= 4 is 19.7 Å². The van der Waals surface area contributed by atoms with Crippen molar-refractivity contribution in [3.8, 4) is 0 Å². The molecule has 1 rings (SSSR count). The Morgan fingerprint density at radius 3 is 2.07 bits per heavy atom. The van der Waals surface area contributed by atoms with Gasteiger partial charge in [-0.05, 0) is 24.3 Å². The first-order valence-electron chi connectivity index (χ1n) is 4.62. The molecule has 1 aliphatic rings. The molecule has 0 amide bonds. The zero-order valence-electron chi connectivity index (χ0n) is 9.11. The Kier molecular flexibility index (Phi) is 3.05. The van der Waals surface area contributed by atoms with E-state index in [9.17, 15) is 4.79 Å². The number of rotatable bonds is 2. The molecule has 3 nitrogen and oxygen atoms in total. The maximum Gasteiger partial charge on any atom is 0.178 e. The van der Waals surface area contributed by atoms with E-state index in [2.05, 4.69) is 24.7 Å². The minimum atomic E-state index is -1.37. The fourth-order valence-electron chi connectivity index (χ4n) is 0.836. The van der Waals surface area contributed by atoms with Gasteiger partial charge in [0.05, 0.1) is 5.71 Å². The molecule has 0 N–H and O–H groups in total. The molecular weight excluding hydrogens is 192 g/mol. The minimum Gasteiger partial charge on any atom is -0.327 e. The summed E-state index contributed by atoms with van der Waals surface area (Å²) in [4.78, 5) is 10.9. The lowest BCUT2D eigenvalue weighted by atomic mass is 10.2. The van der Waals surface area contributed by atoms with Crippen LogP contribution in [0, 0.1) is 0 Å². The quantitative estimate of drug-likeness (QED) is 0.394. The molecule has 0 unspecified atom stereocenters. The van der Waals surface area contributed by atoms with Crippen molar-refractivity contribution in [3.63, 3.8) is 0 Å². The molecule has 0 bridgehead atoms. The third kappa shape index (κ3) is 2.96. The second-order valence-electron chi connectivity index (χ2n) is 4.29. The van der Waals surface area contributed by atoms with E-state index in [4.69, 9.17) is 0 Å². The zero-order valence-corrected chi connectivity index (χ0v) is 10.1. The zero-order chi connectivity index (χ0) is 10.8. The van der Waals surface area contributed by atoms with Gasteiger partial charge in [0.1, 0.15) is 0 Å². The van der Waals surface area contributed by atoms with E-state index >= 15 is 0 Å². The monoisotopic (exact) mass is 208 g/mol.